The first-order valence-electron chi connectivity index (χ1n) is 5.84. The van der Waals surface area contributed by atoms with Gasteiger partial charge in [0, 0.05) is 11.6 Å². The van der Waals surface area contributed by atoms with Crippen molar-refractivity contribution >= 4 is 23.1 Å². The minimum Gasteiger partial charge on any atom is -0.507 e. The van der Waals surface area contributed by atoms with Crippen LogP contribution in [-0.2, 0) is 0 Å². The zero-order valence-corrected chi connectivity index (χ0v) is 10.5. The summed E-state index contributed by atoms with van der Waals surface area (Å²) in [7, 11) is 0. The van der Waals surface area contributed by atoms with Gasteiger partial charge in [-0.3, -0.25) is 9.78 Å². The summed E-state index contributed by atoms with van der Waals surface area (Å²) in [6, 6.07) is 7.24. The van der Waals surface area contributed by atoms with Gasteiger partial charge in [-0.2, -0.15) is 0 Å². The molecule has 1 aromatic carbocycles. The van der Waals surface area contributed by atoms with Crippen LogP contribution in [0.15, 0.2) is 33.7 Å². The maximum absolute atomic E-state index is 11.8. The molecule has 7 heteroatoms. The Labute approximate surface area is 112 Å². The molecule has 2 heterocycles. The molecule has 0 atom stereocenters. The van der Waals surface area contributed by atoms with Crippen molar-refractivity contribution in [1.29, 1.82) is 0 Å². The number of hydrogen-bond acceptors (Lipinski definition) is 6. The van der Waals surface area contributed by atoms with Crippen molar-refractivity contribution in [2.24, 2.45) is 0 Å². The Balaban J connectivity index is 2.06. The monoisotopic (exact) mass is 270 g/mol. The van der Waals surface area contributed by atoms with Gasteiger partial charge in [-0.15, -0.1) is 0 Å². The molecule has 20 heavy (non-hydrogen) atoms. The van der Waals surface area contributed by atoms with Crippen molar-refractivity contribution in [3.63, 3.8) is 0 Å². The van der Waals surface area contributed by atoms with Gasteiger partial charge in [0.05, 0.1) is 0 Å². The standard InChI is InChI=1S/C13H10N4O3/c1-7-2-4-8(5-3-7)10(18)6-9-13(19)15-12-11(14-9)16-20-17-12/h2-6,18H,1H3,(H,15,17,19). The molecule has 0 saturated heterocycles. The van der Waals surface area contributed by atoms with Crippen LogP contribution >= 0.6 is 0 Å². The number of aryl methyl sites for hydroxylation is 1. The van der Waals surface area contributed by atoms with E-state index in [2.05, 4.69) is 24.9 Å². The number of aliphatic hydroxyl groups excluding tert-OH is 1. The Hall–Kier alpha value is -2.96. The van der Waals surface area contributed by atoms with Crippen molar-refractivity contribution in [3.05, 3.63) is 51.4 Å². The van der Waals surface area contributed by atoms with Crippen molar-refractivity contribution in [1.82, 2.24) is 20.3 Å². The highest BCUT2D eigenvalue weighted by Crippen LogP contribution is 2.14. The number of rotatable bonds is 2. The van der Waals surface area contributed by atoms with E-state index in [1.807, 2.05) is 19.1 Å². The smallest absolute Gasteiger partial charge is 0.275 e. The predicted molar refractivity (Wildman–Crippen MR) is 71.9 cm³/mol. The second-order valence-electron chi connectivity index (χ2n) is 4.28. The molecule has 0 spiro atoms. The van der Waals surface area contributed by atoms with Gasteiger partial charge in [-0.1, -0.05) is 29.8 Å². The quantitative estimate of drug-likeness (QED) is 0.686. The maximum atomic E-state index is 11.8. The lowest BCUT2D eigenvalue weighted by molar-refractivity contribution is 0.314. The Bertz CT molecular complexity index is 846. The number of aliphatic hydroxyl groups is 1. The van der Waals surface area contributed by atoms with Crippen LogP contribution in [0.1, 0.15) is 16.8 Å². The number of nitrogens with one attached hydrogen (secondary N) is 1. The Morgan fingerprint density at radius 1 is 1.30 bits per heavy atom. The molecule has 0 saturated carbocycles. The lowest BCUT2D eigenvalue weighted by Crippen LogP contribution is -2.12. The van der Waals surface area contributed by atoms with Gasteiger partial charge in [0.2, 0.25) is 11.3 Å². The zero-order chi connectivity index (χ0) is 14.1. The third kappa shape index (κ3) is 2.16. The first-order valence-corrected chi connectivity index (χ1v) is 5.84. The molecular formula is C13H10N4O3. The summed E-state index contributed by atoms with van der Waals surface area (Å²) in [5, 5.41) is 17.0. The van der Waals surface area contributed by atoms with E-state index in [-0.39, 0.29) is 22.7 Å². The Kier molecular flexibility index (Phi) is 2.79. The third-order valence-electron chi connectivity index (χ3n) is 2.78. The fraction of sp³-hybridized carbons (Fsp3) is 0.0769. The van der Waals surface area contributed by atoms with Crippen molar-refractivity contribution < 1.29 is 9.74 Å². The Morgan fingerprint density at radius 3 is 2.80 bits per heavy atom. The van der Waals surface area contributed by atoms with Crippen molar-refractivity contribution in [2.45, 2.75) is 6.92 Å². The summed E-state index contributed by atoms with van der Waals surface area (Å²) < 4.78 is 4.46. The summed E-state index contributed by atoms with van der Waals surface area (Å²) >= 11 is 0. The summed E-state index contributed by atoms with van der Waals surface area (Å²) in [6.07, 6.45) is 1.28. The van der Waals surface area contributed by atoms with Gasteiger partial charge >= 0.3 is 0 Å². The van der Waals surface area contributed by atoms with Gasteiger partial charge in [-0.05, 0) is 17.2 Å². The van der Waals surface area contributed by atoms with Crippen LogP contribution in [0.3, 0.4) is 0 Å². The summed E-state index contributed by atoms with van der Waals surface area (Å²) in [6.45, 7) is 1.95. The second kappa shape index (κ2) is 4.61. The summed E-state index contributed by atoms with van der Waals surface area (Å²) in [4.78, 5) is 18.2. The number of hydrogen-bond donors (Lipinski definition) is 2. The molecule has 3 aromatic rings. The number of nitrogens with zero attached hydrogens (tertiary/aromatic N) is 3. The normalized spacial score (nSPS) is 11.9. The molecule has 0 radical (unpaired) electrons. The van der Waals surface area contributed by atoms with Gasteiger partial charge in [-0.25, -0.2) is 9.61 Å². The van der Waals surface area contributed by atoms with Crippen LogP contribution in [0.25, 0.3) is 23.1 Å². The van der Waals surface area contributed by atoms with E-state index < -0.39 is 5.56 Å². The van der Waals surface area contributed by atoms with Crippen LogP contribution in [0.2, 0.25) is 0 Å². The molecule has 0 amide bonds. The van der Waals surface area contributed by atoms with Crippen LogP contribution in [0.4, 0.5) is 0 Å². The topological polar surface area (TPSA) is 105 Å². The minimum absolute atomic E-state index is 0.0336. The second-order valence-corrected chi connectivity index (χ2v) is 4.28. The molecule has 2 N–H and O–H groups in total. The van der Waals surface area contributed by atoms with E-state index in [4.69, 9.17) is 0 Å². The van der Waals surface area contributed by atoms with Crippen molar-refractivity contribution in [3.8, 4) is 0 Å². The highest BCUT2D eigenvalue weighted by Gasteiger charge is 2.08. The molecule has 3 rings (SSSR count). The molecule has 0 fully saturated rings. The van der Waals surface area contributed by atoms with Gasteiger partial charge < -0.3 is 5.11 Å². The molecule has 0 aliphatic heterocycles. The predicted octanol–water partition coefficient (Wildman–Crippen LogP) is 1.67. The van der Waals surface area contributed by atoms with E-state index >= 15 is 0 Å². The molecule has 2 aromatic heterocycles. The Morgan fingerprint density at radius 2 is 2.05 bits per heavy atom. The fourth-order valence-corrected chi connectivity index (χ4v) is 1.71. The SMILES string of the molecule is Cc1ccc(C(O)=Cc2nc3nonc3[nH]c2=O)cc1. The maximum Gasteiger partial charge on any atom is 0.275 e. The molecular weight excluding hydrogens is 260 g/mol. The lowest BCUT2D eigenvalue weighted by Gasteiger charge is -2.00. The highest BCUT2D eigenvalue weighted by atomic mass is 16.6. The van der Waals surface area contributed by atoms with E-state index in [9.17, 15) is 9.90 Å². The number of H-pyrrole nitrogens is 1. The van der Waals surface area contributed by atoms with E-state index in [1.165, 1.54) is 6.08 Å². The number of aromatic nitrogens is 4. The molecule has 100 valence electrons. The van der Waals surface area contributed by atoms with Crippen LogP contribution in [0, 0.1) is 6.92 Å². The number of aromatic amines is 1. The first-order chi connectivity index (χ1) is 9.63. The van der Waals surface area contributed by atoms with E-state index in [0.717, 1.165) is 5.56 Å². The average molecular weight is 270 g/mol. The van der Waals surface area contributed by atoms with Gasteiger partial charge in [0.1, 0.15) is 11.5 Å². The van der Waals surface area contributed by atoms with E-state index in [0.29, 0.717) is 5.56 Å². The third-order valence-corrected chi connectivity index (χ3v) is 2.78. The highest BCUT2D eigenvalue weighted by molar-refractivity contribution is 5.76. The average Bonchev–Trinajstić information content (AvgIpc) is 2.87. The first kappa shape index (κ1) is 12.1. The number of fused-ring (bicyclic) bond motifs is 1. The molecule has 7 nitrogen and oxygen atoms in total. The van der Waals surface area contributed by atoms with Crippen molar-refractivity contribution in [2.75, 3.05) is 0 Å². The summed E-state index contributed by atoms with van der Waals surface area (Å²) in [5.41, 5.74) is 1.57. The fourth-order valence-electron chi connectivity index (χ4n) is 1.71. The molecule has 0 aliphatic rings. The summed E-state index contributed by atoms with van der Waals surface area (Å²) in [5.74, 6) is -0.0567. The van der Waals surface area contributed by atoms with Crippen LogP contribution in [-0.4, -0.2) is 25.4 Å². The minimum atomic E-state index is -0.480. The molecule has 0 unspecified atom stereocenters. The largest absolute Gasteiger partial charge is 0.507 e. The van der Waals surface area contributed by atoms with Gasteiger partial charge in [0.25, 0.3) is 5.56 Å². The van der Waals surface area contributed by atoms with Crippen LogP contribution < -0.4 is 5.56 Å². The van der Waals surface area contributed by atoms with E-state index in [1.54, 1.807) is 12.1 Å². The van der Waals surface area contributed by atoms with Crippen LogP contribution in [0.5, 0.6) is 0 Å². The van der Waals surface area contributed by atoms with Gasteiger partial charge in [0.15, 0.2) is 0 Å². The number of benzene rings is 1. The molecule has 0 aliphatic carbocycles. The zero-order valence-electron chi connectivity index (χ0n) is 10.5. The lowest BCUT2D eigenvalue weighted by atomic mass is 10.1. The molecule has 0 bridgehead atoms.